The fourth-order valence-corrected chi connectivity index (χ4v) is 3.30. The molecule has 0 aliphatic heterocycles. The van der Waals surface area contributed by atoms with Crippen LogP contribution in [0, 0.1) is 5.92 Å². The minimum atomic E-state index is -0.611. The normalized spacial score (nSPS) is 26.3. The first-order valence-electron chi connectivity index (χ1n) is 8.05. The summed E-state index contributed by atoms with van der Waals surface area (Å²) in [6.45, 7) is 10.1. The van der Waals surface area contributed by atoms with E-state index in [1.165, 1.54) is 25.7 Å². The summed E-state index contributed by atoms with van der Waals surface area (Å²) in [5.41, 5.74) is -0.611. The largest absolute Gasteiger partial charge is 0.465 e. The van der Waals surface area contributed by atoms with Crippen molar-refractivity contribution < 1.29 is 9.53 Å². The molecule has 0 heterocycles. The lowest BCUT2D eigenvalue weighted by Gasteiger charge is -2.39. The molecule has 1 saturated carbocycles. The van der Waals surface area contributed by atoms with Gasteiger partial charge in [0.25, 0.3) is 0 Å². The lowest BCUT2D eigenvalue weighted by Crippen LogP contribution is -2.58. The summed E-state index contributed by atoms with van der Waals surface area (Å²) in [5, 5.41) is 3.31. The number of likely N-dealkylation sites (N-methyl/N-ethyl adjacent to an activating group) is 2. The lowest BCUT2D eigenvalue weighted by atomic mass is 9.85. The molecule has 4 nitrogen and oxygen atoms in total. The quantitative estimate of drug-likeness (QED) is 0.729. The molecular formula is C16H32N2O2. The van der Waals surface area contributed by atoms with E-state index < -0.39 is 5.54 Å². The van der Waals surface area contributed by atoms with Crippen LogP contribution < -0.4 is 5.32 Å². The summed E-state index contributed by atoms with van der Waals surface area (Å²) in [4.78, 5) is 14.6. The summed E-state index contributed by atoms with van der Waals surface area (Å²) in [6, 6.07) is 0.589. The Balaban J connectivity index is 2.66. The number of ether oxygens (including phenoxy) is 1. The zero-order valence-corrected chi connectivity index (χ0v) is 13.9. The van der Waals surface area contributed by atoms with Gasteiger partial charge in [-0.2, -0.15) is 0 Å². The molecule has 1 N–H and O–H groups in total. The van der Waals surface area contributed by atoms with Crippen LogP contribution in [0.15, 0.2) is 0 Å². The summed E-state index contributed by atoms with van der Waals surface area (Å²) in [6.07, 6.45) is 5.12. The van der Waals surface area contributed by atoms with E-state index in [1.54, 1.807) is 0 Å². The van der Waals surface area contributed by atoms with Gasteiger partial charge < -0.3 is 15.0 Å². The molecule has 0 spiro atoms. The highest BCUT2D eigenvalue weighted by Gasteiger charge is 2.37. The first kappa shape index (κ1) is 17.4. The van der Waals surface area contributed by atoms with Gasteiger partial charge in [-0.15, -0.1) is 0 Å². The number of esters is 1. The molecule has 118 valence electrons. The Labute approximate surface area is 124 Å². The van der Waals surface area contributed by atoms with Crippen molar-refractivity contribution in [2.24, 2.45) is 5.92 Å². The van der Waals surface area contributed by atoms with E-state index in [0.29, 0.717) is 19.2 Å². The molecule has 0 saturated heterocycles. The van der Waals surface area contributed by atoms with Gasteiger partial charge in [-0.05, 0) is 46.2 Å². The van der Waals surface area contributed by atoms with Crippen LogP contribution in [0.3, 0.4) is 0 Å². The van der Waals surface area contributed by atoms with Gasteiger partial charge in [-0.25, -0.2) is 0 Å². The second kappa shape index (κ2) is 7.99. The van der Waals surface area contributed by atoms with Crippen molar-refractivity contribution in [1.82, 2.24) is 10.2 Å². The average Bonchev–Trinajstić information content (AvgIpc) is 2.39. The second-order valence-corrected chi connectivity index (χ2v) is 6.42. The maximum atomic E-state index is 12.2. The van der Waals surface area contributed by atoms with Gasteiger partial charge in [0.15, 0.2) is 0 Å². The number of carbonyl (C=O) groups excluding carboxylic acids is 1. The number of hydrogen-bond acceptors (Lipinski definition) is 4. The first-order valence-corrected chi connectivity index (χ1v) is 8.05. The summed E-state index contributed by atoms with van der Waals surface area (Å²) < 4.78 is 5.24. The predicted octanol–water partition coefficient (Wildman–Crippen LogP) is 2.43. The maximum absolute atomic E-state index is 12.2. The van der Waals surface area contributed by atoms with Crippen LogP contribution >= 0.6 is 0 Å². The van der Waals surface area contributed by atoms with Gasteiger partial charge in [0, 0.05) is 12.6 Å². The van der Waals surface area contributed by atoms with Gasteiger partial charge in [-0.3, -0.25) is 4.79 Å². The summed E-state index contributed by atoms with van der Waals surface area (Å²) in [7, 11) is 2.14. The molecule has 0 amide bonds. The Morgan fingerprint density at radius 2 is 2.10 bits per heavy atom. The number of nitrogens with one attached hydrogen (secondary N) is 1. The monoisotopic (exact) mass is 284 g/mol. The molecule has 0 aromatic carbocycles. The first-order chi connectivity index (χ1) is 9.42. The highest BCUT2D eigenvalue weighted by molar-refractivity contribution is 5.80. The van der Waals surface area contributed by atoms with E-state index in [0.717, 1.165) is 12.5 Å². The van der Waals surface area contributed by atoms with Crippen LogP contribution in [-0.2, 0) is 9.53 Å². The van der Waals surface area contributed by atoms with Crippen molar-refractivity contribution in [3.63, 3.8) is 0 Å². The highest BCUT2D eigenvalue weighted by atomic mass is 16.5. The predicted molar refractivity (Wildman–Crippen MR) is 82.8 cm³/mol. The van der Waals surface area contributed by atoms with E-state index in [4.69, 9.17) is 4.74 Å². The Morgan fingerprint density at radius 1 is 1.40 bits per heavy atom. The Hall–Kier alpha value is -0.610. The van der Waals surface area contributed by atoms with Gasteiger partial charge >= 0.3 is 5.97 Å². The smallest absolute Gasteiger partial charge is 0.327 e. The van der Waals surface area contributed by atoms with Crippen molar-refractivity contribution in [2.45, 2.75) is 65.0 Å². The van der Waals surface area contributed by atoms with Crippen LogP contribution in [0.4, 0.5) is 0 Å². The van der Waals surface area contributed by atoms with Crippen LogP contribution in [0.25, 0.3) is 0 Å². The molecule has 4 heteroatoms. The average molecular weight is 284 g/mol. The van der Waals surface area contributed by atoms with Gasteiger partial charge in [-0.1, -0.05) is 26.7 Å². The van der Waals surface area contributed by atoms with Crippen LogP contribution in [0.1, 0.15) is 53.4 Å². The van der Waals surface area contributed by atoms with E-state index >= 15 is 0 Å². The molecule has 1 aliphatic rings. The van der Waals surface area contributed by atoms with E-state index in [9.17, 15) is 4.79 Å². The van der Waals surface area contributed by atoms with Crippen molar-refractivity contribution in [1.29, 1.82) is 0 Å². The van der Waals surface area contributed by atoms with Gasteiger partial charge in [0.1, 0.15) is 5.54 Å². The zero-order valence-electron chi connectivity index (χ0n) is 13.9. The second-order valence-electron chi connectivity index (χ2n) is 6.42. The number of nitrogens with zero attached hydrogens (tertiary/aromatic N) is 1. The lowest BCUT2D eigenvalue weighted by molar-refractivity contribution is -0.151. The maximum Gasteiger partial charge on any atom is 0.327 e. The fourth-order valence-electron chi connectivity index (χ4n) is 3.30. The minimum absolute atomic E-state index is 0.141. The Bertz CT molecular complexity index is 309. The molecule has 0 radical (unpaired) electrons. The van der Waals surface area contributed by atoms with E-state index in [2.05, 4.69) is 24.2 Å². The molecule has 1 rings (SSSR count). The third kappa shape index (κ3) is 4.74. The molecule has 3 atom stereocenters. The number of hydrogen-bond donors (Lipinski definition) is 1. The molecule has 0 bridgehead atoms. The minimum Gasteiger partial charge on any atom is -0.465 e. The Morgan fingerprint density at radius 3 is 2.65 bits per heavy atom. The molecule has 0 aromatic heterocycles. The molecule has 1 aliphatic carbocycles. The third-order valence-electron chi connectivity index (χ3n) is 4.39. The molecule has 20 heavy (non-hydrogen) atoms. The topological polar surface area (TPSA) is 41.6 Å². The molecule has 1 fully saturated rings. The fraction of sp³-hybridized carbons (Fsp3) is 0.938. The Kier molecular flexibility index (Phi) is 6.96. The third-order valence-corrected chi connectivity index (χ3v) is 4.39. The molecule has 0 aromatic rings. The summed E-state index contributed by atoms with van der Waals surface area (Å²) in [5.74, 6) is 0.654. The standard InChI is InChI=1S/C16H32N2O2/c1-6-17-16(4,15(19)20-7-2)12-18(5)14-10-8-9-13(3)11-14/h13-14,17H,6-12H2,1-5H3. The zero-order chi connectivity index (χ0) is 15.2. The van der Waals surface area contributed by atoms with Crippen molar-refractivity contribution in [2.75, 3.05) is 26.7 Å². The van der Waals surface area contributed by atoms with Crippen molar-refractivity contribution >= 4 is 5.97 Å². The van der Waals surface area contributed by atoms with Crippen LogP contribution in [-0.4, -0.2) is 49.2 Å². The number of rotatable bonds is 7. The summed E-state index contributed by atoms with van der Waals surface area (Å²) >= 11 is 0. The van der Waals surface area contributed by atoms with E-state index in [1.807, 2.05) is 20.8 Å². The van der Waals surface area contributed by atoms with Crippen LogP contribution in [0.2, 0.25) is 0 Å². The van der Waals surface area contributed by atoms with Crippen LogP contribution in [0.5, 0.6) is 0 Å². The van der Waals surface area contributed by atoms with Gasteiger partial charge in [0.05, 0.1) is 6.61 Å². The highest BCUT2D eigenvalue weighted by Crippen LogP contribution is 2.27. The SMILES string of the molecule is CCNC(C)(CN(C)C1CCCC(C)C1)C(=O)OCC. The van der Waals surface area contributed by atoms with Gasteiger partial charge in [0.2, 0.25) is 0 Å². The number of carbonyl (C=O) groups is 1. The molecular weight excluding hydrogens is 252 g/mol. The van der Waals surface area contributed by atoms with E-state index in [-0.39, 0.29) is 5.97 Å². The molecule has 3 unspecified atom stereocenters. The van der Waals surface area contributed by atoms with Crippen molar-refractivity contribution in [3.05, 3.63) is 0 Å². The van der Waals surface area contributed by atoms with Crippen molar-refractivity contribution in [3.8, 4) is 0 Å².